The lowest BCUT2D eigenvalue weighted by molar-refractivity contribution is -0.0312. The van der Waals surface area contributed by atoms with Gasteiger partial charge in [-0.2, -0.15) is 14.8 Å². The standard InChI is InChI=1S/C11H16N4O5/c1-2-19-11(18)14-8-5-12-15(10(17)13-8)9-4-3-7(6-16)20-9/h5,7,9,16H,2-4,6H2,1H3,(H,13,14,17,18). The summed E-state index contributed by atoms with van der Waals surface area (Å²) in [5.74, 6) is 0.0152. The first-order valence-corrected chi connectivity index (χ1v) is 6.30. The van der Waals surface area contributed by atoms with E-state index in [1.165, 1.54) is 6.20 Å². The van der Waals surface area contributed by atoms with Crippen molar-refractivity contribution in [1.82, 2.24) is 14.8 Å². The lowest BCUT2D eigenvalue weighted by atomic mass is 10.2. The zero-order valence-corrected chi connectivity index (χ0v) is 11.0. The van der Waals surface area contributed by atoms with Crippen LogP contribution >= 0.6 is 0 Å². The third-order valence-electron chi connectivity index (χ3n) is 2.78. The van der Waals surface area contributed by atoms with Crippen molar-refractivity contribution in [3.05, 3.63) is 16.7 Å². The molecular weight excluding hydrogens is 268 g/mol. The van der Waals surface area contributed by atoms with Crippen LogP contribution in [0.1, 0.15) is 26.0 Å². The molecule has 1 aliphatic rings. The Balaban J connectivity index is 2.07. The van der Waals surface area contributed by atoms with Gasteiger partial charge in [-0.1, -0.05) is 0 Å². The first-order valence-electron chi connectivity index (χ1n) is 6.30. The highest BCUT2D eigenvalue weighted by Gasteiger charge is 2.27. The molecule has 0 spiro atoms. The molecule has 1 aromatic rings. The Bertz CT molecular complexity index is 532. The molecule has 0 aromatic carbocycles. The number of hydrogen-bond acceptors (Lipinski definition) is 7. The number of carbonyl (C=O) groups excluding carboxylic acids is 1. The summed E-state index contributed by atoms with van der Waals surface area (Å²) in [7, 11) is 0. The van der Waals surface area contributed by atoms with E-state index >= 15 is 0 Å². The van der Waals surface area contributed by atoms with E-state index in [9.17, 15) is 9.59 Å². The number of hydrogen-bond donors (Lipinski definition) is 2. The average molecular weight is 284 g/mol. The van der Waals surface area contributed by atoms with Gasteiger partial charge in [-0.05, 0) is 19.8 Å². The van der Waals surface area contributed by atoms with Gasteiger partial charge < -0.3 is 14.6 Å². The monoisotopic (exact) mass is 284 g/mol. The van der Waals surface area contributed by atoms with Crippen LogP contribution in [0.4, 0.5) is 10.6 Å². The van der Waals surface area contributed by atoms with Crippen LogP contribution in [0.25, 0.3) is 0 Å². The number of amides is 1. The van der Waals surface area contributed by atoms with E-state index in [2.05, 4.69) is 20.1 Å². The van der Waals surface area contributed by atoms with Crippen molar-refractivity contribution < 1.29 is 19.4 Å². The average Bonchev–Trinajstić information content (AvgIpc) is 2.87. The summed E-state index contributed by atoms with van der Waals surface area (Å²) in [6, 6.07) is 0. The Morgan fingerprint density at radius 1 is 1.65 bits per heavy atom. The molecule has 0 aliphatic carbocycles. The Labute approximate surface area is 114 Å². The zero-order valence-electron chi connectivity index (χ0n) is 11.0. The SMILES string of the molecule is CCOC(=O)Nc1cnn(C2CCC(CO)O2)c(=O)n1. The van der Waals surface area contributed by atoms with Gasteiger partial charge in [0.05, 0.1) is 25.5 Å². The fourth-order valence-corrected chi connectivity index (χ4v) is 1.88. The molecule has 1 amide bonds. The van der Waals surface area contributed by atoms with Crippen molar-refractivity contribution >= 4 is 11.9 Å². The van der Waals surface area contributed by atoms with Gasteiger partial charge in [0.2, 0.25) is 0 Å². The number of nitrogens with zero attached hydrogens (tertiary/aromatic N) is 3. The fraction of sp³-hybridized carbons (Fsp3) is 0.636. The Kier molecular flexibility index (Phi) is 4.64. The molecule has 2 heterocycles. The molecule has 9 heteroatoms. The summed E-state index contributed by atoms with van der Waals surface area (Å²) in [6.45, 7) is 1.79. The molecular formula is C11H16N4O5. The first kappa shape index (κ1) is 14.4. The maximum Gasteiger partial charge on any atom is 0.412 e. The number of aliphatic hydroxyl groups is 1. The van der Waals surface area contributed by atoms with Crippen LogP contribution in [0.2, 0.25) is 0 Å². The maximum atomic E-state index is 11.8. The normalized spacial score (nSPS) is 21.7. The number of aliphatic hydroxyl groups excluding tert-OH is 1. The predicted octanol–water partition coefficient (Wildman–Crippen LogP) is -0.123. The topological polar surface area (TPSA) is 116 Å². The minimum atomic E-state index is -0.698. The number of ether oxygens (including phenoxy) is 2. The molecule has 20 heavy (non-hydrogen) atoms. The van der Waals surface area contributed by atoms with Crippen LogP contribution in [-0.2, 0) is 9.47 Å². The van der Waals surface area contributed by atoms with Gasteiger partial charge in [0.25, 0.3) is 0 Å². The van der Waals surface area contributed by atoms with Crippen molar-refractivity contribution in [2.45, 2.75) is 32.1 Å². The molecule has 110 valence electrons. The Morgan fingerprint density at radius 2 is 2.45 bits per heavy atom. The molecule has 0 radical (unpaired) electrons. The second kappa shape index (κ2) is 6.44. The minimum absolute atomic E-state index is 0.0152. The fourth-order valence-electron chi connectivity index (χ4n) is 1.88. The molecule has 2 rings (SSSR count). The zero-order chi connectivity index (χ0) is 14.5. The van der Waals surface area contributed by atoms with Crippen molar-refractivity contribution in [2.24, 2.45) is 0 Å². The van der Waals surface area contributed by atoms with Crippen LogP contribution in [0, 0.1) is 0 Å². The van der Waals surface area contributed by atoms with Gasteiger partial charge >= 0.3 is 11.8 Å². The number of aromatic nitrogens is 3. The molecule has 1 aromatic heterocycles. The second-order valence-electron chi connectivity index (χ2n) is 4.19. The summed E-state index contributed by atoms with van der Waals surface area (Å²) in [5, 5.41) is 15.2. The third kappa shape index (κ3) is 3.31. The van der Waals surface area contributed by atoms with Crippen LogP contribution in [0.3, 0.4) is 0 Å². The van der Waals surface area contributed by atoms with Crippen LogP contribution < -0.4 is 11.0 Å². The van der Waals surface area contributed by atoms with Gasteiger partial charge in [-0.25, -0.2) is 9.59 Å². The van der Waals surface area contributed by atoms with Crippen molar-refractivity contribution in [3.63, 3.8) is 0 Å². The van der Waals surface area contributed by atoms with Crippen molar-refractivity contribution in [3.8, 4) is 0 Å². The van der Waals surface area contributed by atoms with E-state index in [-0.39, 0.29) is 25.1 Å². The summed E-state index contributed by atoms with van der Waals surface area (Å²) < 4.78 is 11.2. The molecule has 2 N–H and O–H groups in total. The van der Waals surface area contributed by atoms with Crippen molar-refractivity contribution in [1.29, 1.82) is 0 Å². The minimum Gasteiger partial charge on any atom is -0.450 e. The van der Waals surface area contributed by atoms with E-state index in [4.69, 9.17) is 9.84 Å². The Hall–Kier alpha value is -2.00. The number of nitrogens with one attached hydrogen (secondary N) is 1. The van der Waals surface area contributed by atoms with Crippen LogP contribution in [0.5, 0.6) is 0 Å². The largest absolute Gasteiger partial charge is 0.450 e. The molecule has 1 fully saturated rings. The number of rotatable bonds is 4. The highest BCUT2D eigenvalue weighted by molar-refractivity contribution is 5.82. The summed E-state index contributed by atoms with van der Waals surface area (Å²) >= 11 is 0. The molecule has 1 aliphatic heterocycles. The summed E-state index contributed by atoms with van der Waals surface area (Å²) in [4.78, 5) is 26.7. The van der Waals surface area contributed by atoms with Gasteiger partial charge in [0.15, 0.2) is 12.0 Å². The lowest BCUT2D eigenvalue weighted by Gasteiger charge is -2.13. The summed E-state index contributed by atoms with van der Waals surface area (Å²) in [6.07, 6.45) is 0.947. The Morgan fingerprint density at radius 3 is 3.05 bits per heavy atom. The molecule has 9 nitrogen and oxygen atoms in total. The molecule has 2 atom stereocenters. The van der Waals surface area contributed by atoms with E-state index < -0.39 is 18.0 Å². The highest BCUT2D eigenvalue weighted by atomic mass is 16.5. The smallest absolute Gasteiger partial charge is 0.412 e. The highest BCUT2D eigenvalue weighted by Crippen LogP contribution is 2.25. The van der Waals surface area contributed by atoms with Gasteiger partial charge in [0.1, 0.15) is 0 Å². The molecule has 0 bridgehead atoms. The van der Waals surface area contributed by atoms with Gasteiger partial charge in [0, 0.05) is 0 Å². The molecule has 2 unspecified atom stereocenters. The van der Waals surface area contributed by atoms with Crippen LogP contribution in [0.15, 0.2) is 11.0 Å². The predicted molar refractivity (Wildman–Crippen MR) is 67.2 cm³/mol. The van der Waals surface area contributed by atoms with Crippen molar-refractivity contribution in [2.75, 3.05) is 18.5 Å². The molecule has 1 saturated heterocycles. The maximum absolute atomic E-state index is 11.8. The third-order valence-corrected chi connectivity index (χ3v) is 2.78. The first-order chi connectivity index (χ1) is 9.63. The van der Waals surface area contributed by atoms with E-state index in [1.807, 2.05) is 0 Å². The van der Waals surface area contributed by atoms with Gasteiger partial charge in [-0.3, -0.25) is 5.32 Å². The second-order valence-corrected chi connectivity index (χ2v) is 4.19. The van der Waals surface area contributed by atoms with Crippen LogP contribution in [-0.4, -0.2) is 45.3 Å². The van der Waals surface area contributed by atoms with E-state index in [0.29, 0.717) is 12.8 Å². The number of anilines is 1. The lowest BCUT2D eigenvalue weighted by Crippen LogP contribution is -2.31. The van der Waals surface area contributed by atoms with E-state index in [1.54, 1.807) is 6.92 Å². The number of carbonyl (C=O) groups is 1. The quantitative estimate of drug-likeness (QED) is 0.791. The molecule has 0 saturated carbocycles. The van der Waals surface area contributed by atoms with E-state index in [0.717, 1.165) is 4.68 Å². The van der Waals surface area contributed by atoms with Gasteiger partial charge in [-0.15, -0.1) is 0 Å². The summed E-state index contributed by atoms with van der Waals surface area (Å²) in [5.41, 5.74) is -0.636.